The molecule has 4 nitrogen and oxygen atoms in total. The summed E-state index contributed by atoms with van der Waals surface area (Å²) >= 11 is 7.27. The van der Waals surface area contributed by atoms with Crippen molar-refractivity contribution in [2.45, 2.75) is 17.3 Å². The van der Waals surface area contributed by atoms with Crippen molar-refractivity contribution in [3.8, 4) is 11.4 Å². The molecule has 0 fully saturated rings. The van der Waals surface area contributed by atoms with Crippen LogP contribution in [-0.4, -0.2) is 25.8 Å². The zero-order chi connectivity index (χ0) is 18.0. The Hall–Kier alpha value is -2.18. The van der Waals surface area contributed by atoms with E-state index >= 15 is 0 Å². The van der Waals surface area contributed by atoms with Gasteiger partial charge in [-0.05, 0) is 43.3 Å². The molecular formula is C18H15ClFN3OS. The lowest BCUT2D eigenvalue weighted by molar-refractivity contribution is 0.0994. The van der Waals surface area contributed by atoms with Gasteiger partial charge in [-0.1, -0.05) is 35.5 Å². The first kappa shape index (κ1) is 17.6. The maximum absolute atomic E-state index is 13.1. The number of Topliss-reactive ketones (excluding diaryl/α,β-unsaturated/α-hetero) is 1. The molecule has 7 heteroatoms. The Morgan fingerprint density at radius 3 is 2.60 bits per heavy atom. The Kier molecular flexibility index (Phi) is 5.20. The van der Waals surface area contributed by atoms with Crippen LogP contribution in [0.5, 0.6) is 0 Å². The fourth-order valence-corrected chi connectivity index (χ4v) is 3.44. The minimum Gasteiger partial charge on any atom is -0.305 e. The molecule has 1 heterocycles. The molecule has 0 N–H and O–H groups in total. The van der Waals surface area contributed by atoms with E-state index in [2.05, 4.69) is 10.2 Å². The van der Waals surface area contributed by atoms with E-state index in [1.54, 1.807) is 41.0 Å². The highest BCUT2D eigenvalue weighted by atomic mass is 35.5. The van der Waals surface area contributed by atoms with Crippen LogP contribution in [0.4, 0.5) is 4.39 Å². The van der Waals surface area contributed by atoms with E-state index in [-0.39, 0.29) is 16.9 Å². The number of ketones is 1. The van der Waals surface area contributed by atoms with Gasteiger partial charge >= 0.3 is 0 Å². The predicted molar refractivity (Wildman–Crippen MR) is 97.5 cm³/mol. The van der Waals surface area contributed by atoms with Crippen molar-refractivity contribution >= 4 is 29.1 Å². The van der Waals surface area contributed by atoms with Gasteiger partial charge in [-0.15, -0.1) is 10.2 Å². The fraction of sp³-hybridized carbons (Fsp3) is 0.167. The van der Waals surface area contributed by atoms with E-state index in [0.29, 0.717) is 21.6 Å². The van der Waals surface area contributed by atoms with Crippen LogP contribution < -0.4 is 0 Å². The van der Waals surface area contributed by atoms with E-state index in [4.69, 9.17) is 11.6 Å². The molecule has 25 heavy (non-hydrogen) atoms. The van der Waals surface area contributed by atoms with Crippen LogP contribution in [0.15, 0.2) is 53.7 Å². The number of hydrogen-bond acceptors (Lipinski definition) is 4. The maximum atomic E-state index is 13.1. The number of nitrogens with zero attached hydrogens (tertiary/aromatic N) is 3. The summed E-state index contributed by atoms with van der Waals surface area (Å²) < 4.78 is 14.9. The Bertz CT molecular complexity index is 911. The third-order valence-corrected chi connectivity index (χ3v) is 5.07. The summed E-state index contributed by atoms with van der Waals surface area (Å²) in [5.41, 5.74) is 1.32. The number of benzene rings is 2. The maximum Gasteiger partial charge on any atom is 0.191 e. The quantitative estimate of drug-likeness (QED) is 0.481. The van der Waals surface area contributed by atoms with Crippen molar-refractivity contribution < 1.29 is 9.18 Å². The van der Waals surface area contributed by atoms with Crippen molar-refractivity contribution in [2.24, 2.45) is 7.05 Å². The van der Waals surface area contributed by atoms with Gasteiger partial charge in [-0.2, -0.15) is 0 Å². The van der Waals surface area contributed by atoms with Gasteiger partial charge in [0.15, 0.2) is 16.8 Å². The van der Waals surface area contributed by atoms with Crippen molar-refractivity contribution in [3.05, 3.63) is 64.9 Å². The number of carbonyl (C=O) groups is 1. The summed E-state index contributed by atoms with van der Waals surface area (Å²) in [7, 11) is 1.82. The first-order chi connectivity index (χ1) is 12.0. The summed E-state index contributed by atoms with van der Waals surface area (Å²) in [6, 6.07) is 12.9. The monoisotopic (exact) mass is 375 g/mol. The number of hydrogen-bond donors (Lipinski definition) is 0. The number of halogens is 2. The second-order valence-corrected chi connectivity index (χ2v) is 7.25. The van der Waals surface area contributed by atoms with Crippen molar-refractivity contribution in [1.82, 2.24) is 14.8 Å². The molecule has 0 saturated carbocycles. The lowest BCUT2D eigenvalue weighted by atomic mass is 10.1. The SMILES string of the molecule is CC(Sc1nnc(-c2ccc(F)cc2)n1C)C(=O)c1cccc(Cl)c1. The molecular weight excluding hydrogens is 361 g/mol. The molecule has 0 saturated heterocycles. The largest absolute Gasteiger partial charge is 0.305 e. The van der Waals surface area contributed by atoms with Crippen LogP contribution >= 0.6 is 23.4 Å². The highest BCUT2D eigenvalue weighted by molar-refractivity contribution is 8.00. The molecule has 1 unspecified atom stereocenters. The van der Waals surface area contributed by atoms with Gasteiger partial charge in [0, 0.05) is 23.2 Å². The molecule has 2 aromatic carbocycles. The Balaban J connectivity index is 1.79. The topological polar surface area (TPSA) is 47.8 Å². The summed E-state index contributed by atoms with van der Waals surface area (Å²) in [6.07, 6.45) is 0. The summed E-state index contributed by atoms with van der Waals surface area (Å²) in [5.74, 6) is 0.282. The normalized spacial score (nSPS) is 12.2. The van der Waals surface area contributed by atoms with Gasteiger partial charge in [-0.3, -0.25) is 4.79 Å². The standard InChI is InChI=1S/C18H15ClFN3OS/c1-11(16(24)13-4-3-5-14(19)10-13)25-18-22-21-17(23(18)2)12-6-8-15(20)9-7-12/h3-11H,1-2H3. The molecule has 0 bridgehead atoms. The smallest absolute Gasteiger partial charge is 0.191 e. The summed E-state index contributed by atoms with van der Waals surface area (Å²) in [4.78, 5) is 12.5. The lowest BCUT2D eigenvalue weighted by Gasteiger charge is -2.10. The number of thioether (sulfide) groups is 1. The zero-order valence-corrected chi connectivity index (χ0v) is 15.2. The van der Waals surface area contributed by atoms with Gasteiger partial charge in [0.1, 0.15) is 5.82 Å². The molecule has 0 aliphatic heterocycles. The van der Waals surface area contributed by atoms with E-state index in [0.717, 1.165) is 5.56 Å². The fourth-order valence-electron chi connectivity index (χ4n) is 2.36. The third kappa shape index (κ3) is 3.91. The van der Waals surface area contributed by atoms with Crippen molar-refractivity contribution in [1.29, 1.82) is 0 Å². The first-order valence-electron chi connectivity index (χ1n) is 7.57. The van der Waals surface area contributed by atoms with Crippen LogP contribution in [-0.2, 0) is 7.05 Å². The molecule has 128 valence electrons. The second kappa shape index (κ2) is 7.37. The number of rotatable bonds is 5. The Morgan fingerprint density at radius 1 is 1.20 bits per heavy atom. The van der Waals surface area contributed by atoms with Crippen LogP contribution in [0.25, 0.3) is 11.4 Å². The average molecular weight is 376 g/mol. The third-order valence-electron chi connectivity index (χ3n) is 3.70. The lowest BCUT2D eigenvalue weighted by Crippen LogP contribution is -2.14. The first-order valence-corrected chi connectivity index (χ1v) is 8.83. The van der Waals surface area contributed by atoms with Crippen LogP contribution in [0.2, 0.25) is 5.02 Å². The molecule has 1 atom stereocenters. The number of carbonyl (C=O) groups excluding carboxylic acids is 1. The Morgan fingerprint density at radius 2 is 1.92 bits per heavy atom. The summed E-state index contributed by atoms with van der Waals surface area (Å²) in [5, 5.41) is 9.10. The van der Waals surface area contributed by atoms with Crippen LogP contribution in [0.1, 0.15) is 17.3 Å². The molecule has 3 rings (SSSR count). The molecule has 0 aliphatic carbocycles. The van der Waals surface area contributed by atoms with Gasteiger partial charge in [0.25, 0.3) is 0 Å². The highest BCUT2D eigenvalue weighted by Gasteiger charge is 2.20. The molecule has 0 aliphatic rings. The van der Waals surface area contributed by atoms with Crippen LogP contribution in [0, 0.1) is 5.82 Å². The highest BCUT2D eigenvalue weighted by Crippen LogP contribution is 2.27. The second-order valence-electron chi connectivity index (χ2n) is 5.51. The molecule has 0 spiro atoms. The van der Waals surface area contributed by atoms with Gasteiger partial charge < -0.3 is 4.57 Å². The molecule has 0 radical (unpaired) electrons. The van der Waals surface area contributed by atoms with Gasteiger partial charge in [-0.25, -0.2) is 4.39 Å². The predicted octanol–water partition coefficient (Wildman–Crippen LogP) is 4.64. The van der Waals surface area contributed by atoms with E-state index in [1.165, 1.54) is 23.9 Å². The molecule has 1 aromatic heterocycles. The summed E-state index contributed by atoms with van der Waals surface area (Å²) in [6.45, 7) is 1.82. The molecule has 3 aromatic rings. The van der Waals surface area contributed by atoms with Crippen molar-refractivity contribution in [2.75, 3.05) is 0 Å². The van der Waals surface area contributed by atoms with Crippen molar-refractivity contribution in [3.63, 3.8) is 0 Å². The molecule has 0 amide bonds. The number of aromatic nitrogens is 3. The van der Waals surface area contributed by atoms with Gasteiger partial charge in [0.2, 0.25) is 0 Å². The van der Waals surface area contributed by atoms with Gasteiger partial charge in [0.05, 0.1) is 5.25 Å². The van der Waals surface area contributed by atoms with E-state index in [1.807, 2.05) is 14.0 Å². The van der Waals surface area contributed by atoms with Crippen LogP contribution in [0.3, 0.4) is 0 Å². The average Bonchev–Trinajstić information content (AvgIpc) is 2.95. The zero-order valence-electron chi connectivity index (χ0n) is 13.6. The van der Waals surface area contributed by atoms with E-state index in [9.17, 15) is 9.18 Å². The minimum atomic E-state index is -0.345. The van der Waals surface area contributed by atoms with E-state index < -0.39 is 0 Å². The minimum absolute atomic E-state index is 0.0289. The Labute approximate surface area is 154 Å².